The fourth-order valence-electron chi connectivity index (χ4n) is 1.98. The molecule has 7 nitrogen and oxygen atoms in total. The number of hydrogen-bond acceptors (Lipinski definition) is 6. The molecule has 0 amide bonds. The molecule has 0 aliphatic heterocycles. The Hall–Kier alpha value is -3.09. The normalized spacial score (nSPS) is 11.4. The van der Waals surface area contributed by atoms with Crippen LogP contribution < -0.4 is 9.47 Å². The molecule has 0 saturated heterocycles. The van der Waals surface area contributed by atoms with Gasteiger partial charge in [0.2, 0.25) is 0 Å². The molecule has 0 fully saturated rings. The van der Waals surface area contributed by atoms with E-state index < -0.39 is 17.0 Å². The molecule has 1 unspecified atom stereocenters. The van der Waals surface area contributed by atoms with Crippen molar-refractivity contribution in [2.24, 2.45) is 0 Å². The molecule has 0 aliphatic carbocycles. The minimum absolute atomic E-state index is 0.0889. The maximum Gasteiger partial charge on any atom is 0.347 e. The highest BCUT2D eigenvalue weighted by Crippen LogP contribution is 2.20. The van der Waals surface area contributed by atoms with Gasteiger partial charge in [0.05, 0.1) is 17.6 Å². The molecule has 2 aromatic rings. The summed E-state index contributed by atoms with van der Waals surface area (Å²) < 4.78 is 15.6. The number of nitro benzene ring substituents is 1. The number of para-hydroxylation sites is 1. The lowest BCUT2D eigenvalue weighted by Gasteiger charge is -2.14. The van der Waals surface area contributed by atoms with E-state index in [-0.39, 0.29) is 12.3 Å². The Morgan fingerprint density at radius 2 is 1.75 bits per heavy atom. The fraction of sp³-hybridized carbons (Fsp3) is 0.235. The topological polar surface area (TPSA) is 87.9 Å². The maximum atomic E-state index is 12.0. The molecule has 0 aliphatic rings. The average Bonchev–Trinajstić information content (AvgIpc) is 2.60. The van der Waals surface area contributed by atoms with Gasteiger partial charge in [0, 0.05) is 6.07 Å². The van der Waals surface area contributed by atoms with Crippen molar-refractivity contribution >= 4 is 11.7 Å². The minimum Gasteiger partial charge on any atom is -0.497 e. The fourth-order valence-corrected chi connectivity index (χ4v) is 1.98. The van der Waals surface area contributed by atoms with E-state index in [1.54, 1.807) is 56.5 Å². The third kappa shape index (κ3) is 4.45. The van der Waals surface area contributed by atoms with Crippen LogP contribution in [0, 0.1) is 10.1 Å². The van der Waals surface area contributed by atoms with E-state index in [1.165, 1.54) is 6.07 Å². The summed E-state index contributed by atoms with van der Waals surface area (Å²) in [6.45, 7) is 1.36. The monoisotopic (exact) mass is 331 g/mol. The van der Waals surface area contributed by atoms with Gasteiger partial charge in [-0.15, -0.1) is 0 Å². The predicted molar refractivity (Wildman–Crippen MR) is 86.0 cm³/mol. The molecule has 0 radical (unpaired) electrons. The maximum absolute atomic E-state index is 12.0. The summed E-state index contributed by atoms with van der Waals surface area (Å²) in [6.07, 6.45) is -0.846. The third-order valence-corrected chi connectivity index (χ3v) is 3.26. The lowest BCUT2D eigenvalue weighted by molar-refractivity contribution is -0.385. The Balaban J connectivity index is 1.93. The molecular weight excluding hydrogens is 314 g/mol. The summed E-state index contributed by atoms with van der Waals surface area (Å²) in [6, 6.07) is 12.9. The Bertz CT molecular complexity index is 713. The summed E-state index contributed by atoms with van der Waals surface area (Å²) >= 11 is 0. The van der Waals surface area contributed by atoms with Gasteiger partial charge in [-0.05, 0) is 37.3 Å². The van der Waals surface area contributed by atoms with Crippen molar-refractivity contribution in [1.29, 1.82) is 0 Å². The molecule has 1 atom stereocenters. The number of methoxy groups -OCH3 is 1. The number of nitro groups is 1. The number of carbonyl (C=O) groups is 1. The summed E-state index contributed by atoms with van der Waals surface area (Å²) in [5, 5.41) is 10.9. The lowest BCUT2D eigenvalue weighted by Crippen LogP contribution is -2.26. The zero-order valence-corrected chi connectivity index (χ0v) is 13.3. The van der Waals surface area contributed by atoms with Crippen molar-refractivity contribution in [3.8, 4) is 11.5 Å². The van der Waals surface area contributed by atoms with Gasteiger partial charge in [-0.2, -0.15) is 0 Å². The lowest BCUT2D eigenvalue weighted by atomic mass is 10.2. The van der Waals surface area contributed by atoms with Crippen LogP contribution >= 0.6 is 0 Å². The van der Waals surface area contributed by atoms with Crippen LogP contribution in [-0.2, 0) is 16.1 Å². The number of rotatable bonds is 7. The molecule has 126 valence electrons. The summed E-state index contributed by atoms with van der Waals surface area (Å²) in [4.78, 5) is 22.4. The SMILES string of the molecule is COc1ccc(OC(C)C(=O)OCc2ccccc2[N+](=O)[O-])cc1. The molecule has 7 heteroatoms. The van der Waals surface area contributed by atoms with Crippen molar-refractivity contribution < 1.29 is 23.9 Å². The second-order valence-corrected chi connectivity index (χ2v) is 4.93. The van der Waals surface area contributed by atoms with E-state index in [0.717, 1.165) is 0 Å². The van der Waals surface area contributed by atoms with Crippen LogP contribution in [0.2, 0.25) is 0 Å². The molecule has 0 bridgehead atoms. The number of carbonyl (C=O) groups excluding carboxylic acids is 1. The van der Waals surface area contributed by atoms with Gasteiger partial charge in [-0.25, -0.2) is 4.79 Å². The predicted octanol–water partition coefficient (Wildman–Crippen LogP) is 3.11. The smallest absolute Gasteiger partial charge is 0.347 e. The van der Waals surface area contributed by atoms with Crippen molar-refractivity contribution in [1.82, 2.24) is 0 Å². The van der Waals surface area contributed by atoms with Crippen LogP contribution in [0.5, 0.6) is 11.5 Å². The van der Waals surface area contributed by atoms with Gasteiger partial charge >= 0.3 is 5.97 Å². The second-order valence-electron chi connectivity index (χ2n) is 4.93. The van der Waals surface area contributed by atoms with E-state index in [9.17, 15) is 14.9 Å². The first kappa shape index (κ1) is 17.3. The van der Waals surface area contributed by atoms with Crippen molar-refractivity contribution in [2.45, 2.75) is 19.6 Å². The molecule has 0 spiro atoms. The summed E-state index contributed by atoms with van der Waals surface area (Å²) in [5.74, 6) is 0.559. The zero-order chi connectivity index (χ0) is 17.5. The molecule has 0 aromatic heterocycles. The van der Waals surface area contributed by atoms with Gasteiger partial charge in [0.25, 0.3) is 5.69 Å². The molecule has 2 aromatic carbocycles. The Morgan fingerprint density at radius 3 is 2.38 bits per heavy atom. The molecule has 24 heavy (non-hydrogen) atoms. The van der Waals surface area contributed by atoms with E-state index in [0.29, 0.717) is 17.1 Å². The highest BCUT2D eigenvalue weighted by Gasteiger charge is 2.19. The van der Waals surface area contributed by atoms with E-state index in [4.69, 9.17) is 14.2 Å². The van der Waals surface area contributed by atoms with Crippen LogP contribution in [0.25, 0.3) is 0 Å². The molecule has 2 rings (SSSR count). The standard InChI is InChI=1S/C17H17NO6/c1-12(24-15-9-7-14(22-2)8-10-15)17(19)23-11-13-5-3-4-6-16(13)18(20)21/h3-10,12H,11H2,1-2H3. The van der Waals surface area contributed by atoms with Gasteiger partial charge in [0.15, 0.2) is 6.10 Å². The van der Waals surface area contributed by atoms with Crippen molar-refractivity contribution in [3.63, 3.8) is 0 Å². The van der Waals surface area contributed by atoms with Crippen molar-refractivity contribution in [2.75, 3.05) is 7.11 Å². The van der Waals surface area contributed by atoms with Crippen LogP contribution in [0.15, 0.2) is 48.5 Å². The number of ether oxygens (including phenoxy) is 3. The van der Waals surface area contributed by atoms with Gasteiger partial charge < -0.3 is 14.2 Å². The van der Waals surface area contributed by atoms with Crippen LogP contribution in [0.4, 0.5) is 5.69 Å². The third-order valence-electron chi connectivity index (χ3n) is 3.26. The molecule has 0 saturated carbocycles. The number of nitrogens with zero attached hydrogens (tertiary/aromatic N) is 1. The number of hydrogen-bond donors (Lipinski definition) is 0. The van der Waals surface area contributed by atoms with Gasteiger partial charge in [-0.3, -0.25) is 10.1 Å². The molecular formula is C17H17NO6. The number of esters is 1. The second kappa shape index (κ2) is 7.96. The molecule has 0 N–H and O–H groups in total. The van der Waals surface area contributed by atoms with Crippen molar-refractivity contribution in [3.05, 3.63) is 64.2 Å². The van der Waals surface area contributed by atoms with E-state index in [2.05, 4.69) is 0 Å². The average molecular weight is 331 g/mol. The van der Waals surface area contributed by atoms with Gasteiger partial charge in [0.1, 0.15) is 18.1 Å². The van der Waals surface area contributed by atoms with Crippen LogP contribution in [-0.4, -0.2) is 24.1 Å². The zero-order valence-electron chi connectivity index (χ0n) is 13.3. The first-order chi connectivity index (χ1) is 11.5. The van der Waals surface area contributed by atoms with E-state index >= 15 is 0 Å². The van der Waals surface area contributed by atoms with Crippen LogP contribution in [0.1, 0.15) is 12.5 Å². The first-order valence-electron chi connectivity index (χ1n) is 7.21. The minimum atomic E-state index is -0.846. The first-order valence-corrected chi connectivity index (χ1v) is 7.21. The molecule has 0 heterocycles. The number of benzene rings is 2. The Labute approximate surface area is 138 Å². The highest BCUT2D eigenvalue weighted by molar-refractivity contribution is 5.74. The van der Waals surface area contributed by atoms with E-state index in [1.807, 2.05) is 0 Å². The highest BCUT2D eigenvalue weighted by atomic mass is 16.6. The Kier molecular flexibility index (Phi) is 5.73. The summed E-state index contributed by atoms with van der Waals surface area (Å²) in [7, 11) is 1.55. The van der Waals surface area contributed by atoms with Crippen LogP contribution in [0.3, 0.4) is 0 Å². The van der Waals surface area contributed by atoms with Gasteiger partial charge in [-0.1, -0.05) is 12.1 Å². The Morgan fingerprint density at radius 1 is 1.12 bits per heavy atom. The summed E-state index contributed by atoms with van der Waals surface area (Å²) in [5.41, 5.74) is 0.238. The largest absolute Gasteiger partial charge is 0.497 e. The quantitative estimate of drug-likeness (QED) is 0.440.